The molecular weight excluding hydrogens is 480 g/mol. The third-order valence-corrected chi connectivity index (χ3v) is 7.42. The van der Waals surface area contributed by atoms with Gasteiger partial charge in [-0.3, -0.25) is 9.36 Å². The summed E-state index contributed by atoms with van der Waals surface area (Å²) in [5, 5.41) is 1.97. The van der Waals surface area contributed by atoms with Crippen LogP contribution < -0.4 is 19.6 Å². The van der Waals surface area contributed by atoms with Crippen molar-refractivity contribution in [1.29, 1.82) is 0 Å². The Hall–Kier alpha value is -3.75. The second-order valence-electron chi connectivity index (χ2n) is 7.72. The van der Waals surface area contributed by atoms with Crippen LogP contribution in [0.25, 0.3) is 11.8 Å². The van der Waals surface area contributed by atoms with Crippen molar-refractivity contribution in [3.05, 3.63) is 113 Å². The molecule has 1 atom stereocenters. The summed E-state index contributed by atoms with van der Waals surface area (Å²) in [7, 11) is 1.60. The van der Waals surface area contributed by atoms with Crippen molar-refractivity contribution in [2.45, 2.75) is 13.0 Å². The van der Waals surface area contributed by atoms with E-state index in [1.165, 1.54) is 11.3 Å². The lowest BCUT2D eigenvalue weighted by Gasteiger charge is -2.26. The maximum atomic E-state index is 13.7. The number of thiazole rings is 1. The molecule has 0 saturated heterocycles. The van der Waals surface area contributed by atoms with Gasteiger partial charge in [0.1, 0.15) is 5.75 Å². The van der Waals surface area contributed by atoms with Crippen molar-refractivity contribution in [3.63, 3.8) is 0 Å². The fraction of sp³-hybridized carbons (Fsp3) is 0.148. The number of ether oxygens (including phenoxy) is 2. The van der Waals surface area contributed by atoms with Crippen LogP contribution in [0.5, 0.6) is 5.75 Å². The Morgan fingerprint density at radius 1 is 1.09 bits per heavy atom. The van der Waals surface area contributed by atoms with Crippen LogP contribution in [-0.4, -0.2) is 24.3 Å². The molecule has 0 bridgehead atoms. The summed E-state index contributed by atoms with van der Waals surface area (Å²) in [6, 6.07) is 20.1. The van der Waals surface area contributed by atoms with E-state index in [-0.39, 0.29) is 12.2 Å². The largest absolute Gasteiger partial charge is 0.497 e. The summed E-state index contributed by atoms with van der Waals surface area (Å²) < 4.78 is 13.0. The topological polar surface area (TPSA) is 69.9 Å². The summed E-state index contributed by atoms with van der Waals surface area (Å²) in [4.78, 5) is 33.4. The number of methoxy groups -OCH3 is 1. The Bertz CT molecular complexity index is 1560. The number of carbonyl (C=O) groups excluding carboxylic acids is 1. The highest BCUT2D eigenvalue weighted by atomic mass is 32.1. The van der Waals surface area contributed by atoms with Crippen LogP contribution in [-0.2, 0) is 9.53 Å². The molecule has 0 saturated carbocycles. The van der Waals surface area contributed by atoms with Crippen LogP contribution >= 0.6 is 22.7 Å². The Balaban J connectivity index is 1.83. The zero-order valence-electron chi connectivity index (χ0n) is 19.1. The Morgan fingerprint density at radius 2 is 1.86 bits per heavy atom. The fourth-order valence-electron chi connectivity index (χ4n) is 4.04. The quantitative estimate of drug-likeness (QED) is 0.374. The lowest BCUT2D eigenvalue weighted by Crippen LogP contribution is -2.39. The molecule has 0 radical (unpaired) electrons. The van der Waals surface area contributed by atoms with Gasteiger partial charge in [0.15, 0.2) is 4.80 Å². The van der Waals surface area contributed by atoms with Gasteiger partial charge in [-0.1, -0.05) is 59.9 Å². The van der Waals surface area contributed by atoms with Gasteiger partial charge in [0, 0.05) is 10.4 Å². The maximum absolute atomic E-state index is 13.7. The van der Waals surface area contributed by atoms with Crippen LogP contribution in [0, 0.1) is 0 Å². The van der Waals surface area contributed by atoms with E-state index in [1.807, 2.05) is 78.2 Å². The number of thiophene rings is 1. The molecule has 4 aromatic rings. The van der Waals surface area contributed by atoms with Crippen LogP contribution in [0.4, 0.5) is 0 Å². The van der Waals surface area contributed by atoms with Crippen LogP contribution in [0.15, 0.2) is 87.5 Å². The van der Waals surface area contributed by atoms with E-state index in [4.69, 9.17) is 14.5 Å². The monoisotopic (exact) mass is 502 g/mol. The van der Waals surface area contributed by atoms with E-state index < -0.39 is 12.0 Å². The summed E-state index contributed by atoms with van der Waals surface area (Å²) in [6.07, 6.45) is 1.87. The molecule has 3 heterocycles. The number of esters is 1. The minimum absolute atomic E-state index is 0.197. The minimum atomic E-state index is -0.697. The lowest BCUT2D eigenvalue weighted by atomic mass is 9.93. The molecule has 0 aliphatic carbocycles. The normalized spacial score (nSPS) is 15.5. The van der Waals surface area contributed by atoms with E-state index in [0.29, 0.717) is 26.4 Å². The second kappa shape index (κ2) is 9.85. The van der Waals surface area contributed by atoms with Crippen molar-refractivity contribution in [1.82, 2.24) is 4.57 Å². The first-order valence-electron chi connectivity index (χ1n) is 11.1. The summed E-state index contributed by atoms with van der Waals surface area (Å²) in [6.45, 7) is 1.97. The standard InChI is InChI=1S/C27H22N2O4S2/c1-3-33-26(31)22-23(17-8-5-4-6-9-17)28-27-29(24(22)18-11-13-19(32-2)14-12-18)25(30)21(35-27)16-20-10-7-15-34-20/h4-16,24H,3H2,1-2H3/t24-/m1/s1. The number of nitrogens with zero attached hydrogens (tertiary/aromatic N) is 2. The van der Waals surface area contributed by atoms with Gasteiger partial charge in [-0.05, 0) is 42.1 Å². The number of hydrogen-bond donors (Lipinski definition) is 0. The zero-order chi connectivity index (χ0) is 24.4. The number of rotatable bonds is 6. The first kappa shape index (κ1) is 23.0. The first-order chi connectivity index (χ1) is 17.1. The number of fused-ring (bicyclic) bond motifs is 1. The average molecular weight is 503 g/mol. The van der Waals surface area contributed by atoms with Crippen molar-refractivity contribution in [3.8, 4) is 5.75 Å². The molecule has 2 aromatic heterocycles. The zero-order valence-corrected chi connectivity index (χ0v) is 20.8. The van der Waals surface area contributed by atoms with Gasteiger partial charge in [-0.25, -0.2) is 9.79 Å². The Labute approximate surface area is 209 Å². The number of benzene rings is 2. The Morgan fingerprint density at radius 3 is 2.51 bits per heavy atom. The summed E-state index contributed by atoms with van der Waals surface area (Å²) >= 11 is 2.87. The van der Waals surface area contributed by atoms with Crippen LogP contribution in [0.1, 0.15) is 29.0 Å². The molecule has 6 nitrogen and oxygen atoms in total. The predicted molar refractivity (Wildman–Crippen MR) is 138 cm³/mol. The van der Waals surface area contributed by atoms with Gasteiger partial charge in [0.2, 0.25) is 0 Å². The molecule has 0 fully saturated rings. The van der Waals surface area contributed by atoms with Gasteiger partial charge >= 0.3 is 5.97 Å². The molecule has 0 amide bonds. The molecule has 8 heteroatoms. The van der Waals surface area contributed by atoms with Gasteiger partial charge < -0.3 is 9.47 Å². The van der Waals surface area contributed by atoms with Gasteiger partial charge in [-0.2, -0.15) is 0 Å². The fourth-order valence-corrected chi connectivity index (χ4v) is 5.77. The van der Waals surface area contributed by atoms with Crippen molar-refractivity contribution < 1.29 is 14.3 Å². The van der Waals surface area contributed by atoms with Crippen molar-refractivity contribution in [2.24, 2.45) is 4.99 Å². The molecule has 1 aliphatic rings. The molecule has 1 aliphatic heterocycles. The number of carbonyl (C=O) groups is 1. The third kappa shape index (κ3) is 4.38. The average Bonchev–Trinajstić information content (AvgIpc) is 3.51. The van der Waals surface area contributed by atoms with Gasteiger partial charge in [0.25, 0.3) is 5.56 Å². The predicted octanol–water partition coefficient (Wildman–Crippen LogP) is 4.01. The first-order valence-corrected chi connectivity index (χ1v) is 12.8. The van der Waals surface area contributed by atoms with Gasteiger partial charge in [0.05, 0.1) is 35.6 Å². The lowest BCUT2D eigenvalue weighted by molar-refractivity contribution is -0.138. The van der Waals surface area contributed by atoms with Crippen LogP contribution in [0.2, 0.25) is 0 Å². The molecular formula is C27H22N2O4S2. The smallest absolute Gasteiger partial charge is 0.338 e. The second-order valence-corrected chi connectivity index (χ2v) is 9.71. The van der Waals surface area contributed by atoms with E-state index >= 15 is 0 Å². The molecule has 0 spiro atoms. The molecule has 2 aromatic carbocycles. The maximum Gasteiger partial charge on any atom is 0.338 e. The minimum Gasteiger partial charge on any atom is -0.497 e. The highest BCUT2D eigenvalue weighted by Gasteiger charge is 2.35. The van der Waals surface area contributed by atoms with Gasteiger partial charge in [-0.15, -0.1) is 11.3 Å². The molecule has 0 N–H and O–H groups in total. The Kier molecular flexibility index (Phi) is 6.48. The highest BCUT2D eigenvalue weighted by Crippen LogP contribution is 2.35. The van der Waals surface area contributed by atoms with E-state index in [9.17, 15) is 9.59 Å². The molecule has 176 valence electrons. The summed E-state index contributed by atoms with van der Waals surface area (Å²) in [5.74, 6) is 0.187. The number of aromatic nitrogens is 1. The third-order valence-electron chi connectivity index (χ3n) is 5.62. The van der Waals surface area contributed by atoms with E-state index in [1.54, 1.807) is 29.9 Å². The molecule has 35 heavy (non-hydrogen) atoms. The van der Waals surface area contributed by atoms with E-state index in [0.717, 1.165) is 16.0 Å². The SMILES string of the molecule is CCOC(=O)C1=C(c2ccccc2)N=c2sc(=Cc3cccs3)c(=O)n2[C@@H]1c1ccc(OC)cc1. The molecule has 5 rings (SSSR count). The molecule has 0 unspecified atom stereocenters. The van der Waals surface area contributed by atoms with Crippen LogP contribution in [0.3, 0.4) is 0 Å². The van der Waals surface area contributed by atoms with E-state index in [2.05, 4.69) is 0 Å². The summed E-state index contributed by atoms with van der Waals surface area (Å²) in [5.41, 5.74) is 2.19. The highest BCUT2D eigenvalue weighted by molar-refractivity contribution is 7.11. The van der Waals surface area contributed by atoms with Crippen molar-refractivity contribution in [2.75, 3.05) is 13.7 Å². The van der Waals surface area contributed by atoms with Crippen molar-refractivity contribution >= 4 is 40.4 Å². The number of hydrogen-bond acceptors (Lipinski definition) is 7.